The SMILES string of the molecule is CC(C)COC(=O)CCS(=O)(=O)O. The van der Waals surface area contributed by atoms with Crippen LogP contribution in [-0.4, -0.2) is 31.3 Å². The number of carbonyl (C=O) groups excluding carboxylic acids is 1. The van der Waals surface area contributed by atoms with Crippen LogP contribution in [0.25, 0.3) is 0 Å². The van der Waals surface area contributed by atoms with E-state index in [9.17, 15) is 13.2 Å². The molecule has 0 bridgehead atoms. The van der Waals surface area contributed by atoms with Gasteiger partial charge in [0.05, 0.1) is 18.8 Å². The van der Waals surface area contributed by atoms with Gasteiger partial charge in [-0.25, -0.2) is 0 Å². The van der Waals surface area contributed by atoms with Crippen LogP contribution >= 0.6 is 0 Å². The first kappa shape index (κ1) is 12.4. The third kappa shape index (κ3) is 9.29. The van der Waals surface area contributed by atoms with Crippen LogP contribution in [-0.2, 0) is 19.6 Å². The van der Waals surface area contributed by atoms with Crippen molar-refractivity contribution < 1.29 is 22.5 Å². The average molecular weight is 210 g/mol. The lowest BCUT2D eigenvalue weighted by atomic mass is 10.2. The maximum Gasteiger partial charge on any atom is 0.306 e. The fraction of sp³-hybridized carbons (Fsp3) is 0.857. The summed E-state index contributed by atoms with van der Waals surface area (Å²) in [6, 6.07) is 0. The Morgan fingerprint density at radius 2 is 2.00 bits per heavy atom. The second-order valence-corrected chi connectivity index (χ2v) is 4.68. The van der Waals surface area contributed by atoms with Gasteiger partial charge in [-0.15, -0.1) is 0 Å². The third-order valence-electron chi connectivity index (χ3n) is 1.14. The number of esters is 1. The van der Waals surface area contributed by atoms with E-state index in [-0.39, 0.29) is 18.9 Å². The van der Waals surface area contributed by atoms with E-state index in [0.29, 0.717) is 0 Å². The molecule has 0 aromatic carbocycles. The predicted octanol–water partition coefficient (Wildman–Crippen LogP) is 0.463. The van der Waals surface area contributed by atoms with E-state index >= 15 is 0 Å². The van der Waals surface area contributed by atoms with Gasteiger partial charge in [0, 0.05) is 0 Å². The van der Waals surface area contributed by atoms with Gasteiger partial charge in [0.15, 0.2) is 0 Å². The minimum Gasteiger partial charge on any atom is -0.465 e. The van der Waals surface area contributed by atoms with Gasteiger partial charge in [-0.2, -0.15) is 8.42 Å². The first-order chi connectivity index (χ1) is 5.81. The topological polar surface area (TPSA) is 80.7 Å². The summed E-state index contributed by atoms with van der Waals surface area (Å²) >= 11 is 0. The quantitative estimate of drug-likeness (QED) is 0.526. The average Bonchev–Trinajstić information content (AvgIpc) is 1.95. The van der Waals surface area contributed by atoms with E-state index in [0.717, 1.165) is 0 Å². The van der Waals surface area contributed by atoms with Gasteiger partial charge >= 0.3 is 5.97 Å². The number of hydrogen-bond acceptors (Lipinski definition) is 4. The fourth-order valence-corrected chi connectivity index (χ4v) is 0.969. The van der Waals surface area contributed by atoms with Crippen LogP contribution in [0.3, 0.4) is 0 Å². The molecule has 0 aliphatic carbocycles. The zero-order valence-corrected chi connectivity index (χ0v) is 8.50. The first-order valence-electron chi connectivity index (χ1n) is 3.92. The van der Waals surface area contributed by atoms with Crippen molar-refractivity contribution in [3.63, 3.8) is 0 Å². The largest absolute Gasteiger partial charge is 0.465 e. The van der Waals surface area contributed by atoms with Crippen LogP contribution in [0.1, 0.15) is 20.3 Å². The molecule has 1 N–H and O–H groups in total. The van der Waals surface area contributed by atoms with Crippen LogP contribution in [0, 0.1) is 5.92 Å². The summed E-state index contributed by atoms with van der Waals surface area (Å²) < 4.78 is 33.4. The molecule has 0 aromatic heterocycles. The van der Waals surface area contributed by atoms with Crippen molar-refractivity contribution >= 4 is 16.1 Å². The summed E-state index contributed by atoms with van der Waals surface area (Å²) in [6.07, 6.45) is -0.300. The van der Waals surface area contributed by atoms with Crippen LogP contribution < -0.4 is 0 Å². The van der Waals surface area contributed by atoms with Gasteiger partial charge in [-0.1, -0.05) is 13.8 Å². The van der Waals surface area contributed by atoms with E-state index in [2.05, 4.69) is 4.74 Å². The minimum absolute atomic E-state index is 0.217. The smallest absolute Gasteiger partial charge is 0.306 e. The van der Waals surface area contributed by atoms with Gasteiger partial charge in [-0.05, 0) is 5.92 Å². The van der Waals surface area contributed by atoms with E-state index in [1.54, 1.807) is 0 Å². The lowest BCUT2D eigenvalue weighted by molar-refractivity contribution is -0.144. The molecule has 0 saturated heterocycles. The van der Waals surface area contributed by atoms with E-state index < -0.39 is 21.8 Å². The second kappa shape index (κ2) is 5.18. The van der Waals surface area contributed by atoms with Crippen LogP contribution in [0.15, 0.2) is 0 Å². The highest BCUT2D eigenvalue weighted by atomic mass is 32.2. The van der Waals surface area contributed by atoms with Crippen molar-refractivity contribution in [2.24, 2.45) is 5.92 Å². The Balaban J connectivity index is 3.65. The van der Waals surface area contributed by atoms with Crippen molar-refractivity contribution in [2.75, 3.05) is 12.4 Å². The molecule has 0 heterocycles. The molecular formula is C7H14O5S. The molecule has 13 heavy (non-hydrogen) atoms. The van der Waals surface area contributed by atoms with E-state index in [1.807, 2.05) is 13.8 Å². The Morgan fingerprint density at radius 1 is 1.46 bits per heavy atom. The maximum atomic E-state index is 10.8. The van der Waals surface area contributed by atoms with Crippen LogP contribution in [0.5, 0.6) is 0 Å². The maximum absolute atomic E-state index is 10.8. The van der Waals surface area contributed by atoms with Crippen LogP contribution in [0.4, 0.5) is 0 Å². The monoisotopic (exact) mass is 210 g/mol. The van der Waals surface area contributed by atoms with Gasteiger partial charge in [0.25, 0.3) is 10.1 Å². The molecule has 0 unspecified atom stereocenters. The molecule has 78 valence electrons. The van der Waals surface area contributed by atoms with Crippen molar-refractivity contribution in [1.29, 1.82) is 0 Å². The summed E-state index contributed by atoms with van der Waals surface area (Å²) in [5, 5.41) is 0. The molecule has 6 heteroatoms. The van der Waals surface area contributed by atoms with Crippen LogP contribution in [0.2, 0.25) is 0 Å². The first-order valence-corrected chi connectivity index (χ1v) is 5.53. The van der Waals surface area contributed by atoms with Crippen molar-refractivity contribution in [2.45, 2.75) is 20.3 Å². The molecule has 0 atom stereocenters. The van der Waals surface area contributed by atoms with Gasteiger partial charge < -0.3 is 4.74 Å². The highest BCUT2D eigenvalue weighted by Gasteiger charge is 2.10. The zero-order chi connectivity index (χ0) is 10.5. The molecule has 0 saturated carbocycles. The lowest BCUT2D eigenvalue weighted by Gasteiger charge is -2.05. The highest BCUT2D eigenvalue weighted by molar-refractivity contribution is 7.85. The molecule has 5 nitrogen and oxygen atoms in total. The Bertz CT molecular complexity index is 254. The fourth-order valence-electron chi connectivity index (χ4n) is 0.544. The Labute approximate surface area is 77.8 Å². The number of carbonyl (C=O) groups is 1. The summed E-state index contributed by atoms with van der Waals surface area (Å²) in [6.45, 7) is 4.01. The summed E-state index contributed by atoms with van der Waals surface area (Å²) in [4.78, 5) is 10.8. The molecule has 0 radical (unpaired) electrons. The van der Waals surface area contributed by atoms with Gasteiger partial charge in [0.1, 0.15) is 0 Å². The van der Waals surface area contributed by atoms with Gasteiger partial charge in [0.2, 0.25) is 0 Å². The Morgan fingerprint density at radius 3 is 2.38 bits per heavy atom. The highest BCUT2D eigenvalue weighted by Crippen LogP contribution is 1.96. The summed E-state index contributed by atoms with van der Waals surface area (Å²) in [5.41, 5.74) is 0. The molecule has 0 aliphatic rings. The van der Waals surface area contributed by atoms with Crippen molar-refractivity contribution in [1.82, 2.24) is 0 Å². The van der Waals surface area contributed by atoms with Crippen molar-refractivity contribution in [3.05, 3.63) is 0 Å². The predicted molar refractivity (Wildman–Crippen MR) is 46.8 cm³/mol. The second-order valence-electron chi connectivity index (χ2n) is 3.11. The van der Waals surface area contributed by atoms with Crippen molar-refractivity contribution in [3.8, 4) is 0 Å². The normalized spacial score (nSPS) is 11.7. The standard InChI is InChI=1S/C7H14O5S/c1-6(2)5-12-7(8)3-4-13(9,10)11/h6H,3-5H2,1-2H3,(H,9,10,11). The number of rotatable bonds is 5. The third-order valence-corrected chi connectivity index (χ3v) is 1.86. The van der Waals surface area contributed by atoms with E-state index in [4.69, 9.17) is 4.55 Å². The molecule has 0 fully saturated rings. The molecular weight excluding hydrogens is 196 g/mol. The molecule has 0 amide bonds. The Hall–Kier alpha value is -0.620. The van der Waals surface area contributed by atoms with E-state index in [1.165, 1.54) is 0 Å². The molecule has 0 spiro atoms. The van der Waals surface area contributed by atoms with Gasteiger partial charge in [-0.3, -0.25) is 9.35 Å². The minimum atomic E-state index is -4.06. The Kier molecular flexibility index (Phi) is 4.94. The number of hydrogen-bond donors (Lipinski definition) is 1. The molecule has 0 rings (SSSR count). The summed E-state index contributed by atoms with van der Waals surface area (Å²) in [5.74, 6) is -0.967. The zero-order valence-electron chi connectivity index (χ0n) is 7.69. The summed E-state index contributed by atoms with van der Waals surface area (Å²) in [7, 11) is -4.06. The molecule has 0 aliphatic heterocycles. The molecule has 0 aromatic rings. The lowest BCUT2D eigenvalue weighted by Crippen LogP contribution is -2.14. The number of ether oxygens (including phenoxy) is 1.